The van der Waals surface area contributed by atoms with Crippen molar-refractivity contribution in [1.29, 1.82) is 0 Å². The number of piperidine rings is 2. The Balaban J connectivity index is 0.000000149. The Morgan fingerprint density at radius 3 is 2.42 bits per heavy atom. The summed E-state index contributed by atoms with van der Waals surface area (Å²) >= 11 is 1.84. The molecule has 1 aromatic rings. The van der Waals surface area contributed by atoms with Gasteiger partial charge in [-0.2, -0.15) is 0 Å². The number of hydrogen-bond acceptors (Lipinski definition) is 1. The van der Waals surface area contributed by atoms with Gasteiger partial charge in [0, 0.05) is 0 Å². The molecule has 2 saturated heterocycles. The van der Waals surface area contributed by atoms with E-state index in [-0.39, 0.29) is 51.4 Å². The monoisotopic (exact) mass is 392 g/mol. The van der Waals surface area contributed by atoms with Crippen LogP contribution < -0.4 is 51.4 Å². The van der Waals surface area contributed by atoms with Gasteiger partial charge in [-0.3, -0.25) is 0 Å². The van der Waals surface area contributed by atoms with Gasteiger partial charge in [0.2, 0.25) is 0 Å². The van der Waals surface area contributed by atoms with Crippen LogP contribution in [-0.4, -0.2) is 30.7 Å². The molecule has 0 bridgehead atoms. The van der Waals surface area contributed by atoms with Crippen molar-refractivity contribution < 1.29 is 55.9 Å². The maximum Gasteiger partial charge on any atom is 1.00 e. The van der Waals surface area contributed by atoms with Crippen LogP contribution in [0.1, 0.15) is 44.9 Å². The molecule has 2 nitrogen and oxygen atoms in total. The fraction of sp³-hybridized carbons (Fsp3) is 0.500. The molecule has 0 amide bonds. The predicted molar refractivity (Wildman–Crippen MR) is 108 cm³/mol. The van der Waals surface area contributed by atoms with Crippen molar-refractivity contribution in [3.8, 4) is 0 Å². The van der Waals surface area contributed by atoms with Gasteiger partial charge in [-0.25, -0.2) is 0 Å². The Hall–Kier alpha value is 0.446. The average molecular weight is 393 g/mol. The number of hydrogen-bond donors (Lipinski definition) is 0. The normalized spacial score (nSPS) is 22.9. The zero-order valence-corrected chi connectivity index (χ0v) is 20.1. The fourth-order valence-electron chi connectivity index (χ4n) is 4.34. The quantitative estimate of drug-likeness (QED) is 0.375. The molecular formula is C22H29KN2S. The van der Waals surface area contributed by atoms with Gasteiger partial charge in [-0.15, -0.1) is 24.2 Å². The van der Waals surface area contributed by atoms with Gasteiger partial charge in [0.1, 0.15) is 0 Å². The van der Waals surface area contributed by atoms with Crippen molar-refractivity contribution in [3.05, 3.63) is 58.8 Å². The van der Waals surface area contributed by atoms with Crippen LogP contribution in [0, 0.1) is 6.42 Å². The molecule has 0 atom stereocenters. The zero-order chi connectivity index (χ0) is 17.0. The first-order valence-electron chi connectivity index (χ1n) is 9.91. The molecule has 0 N–H and O–H groups in total. The summed E-state index contributed by atoms with van der Waals surface area (Å²) in [6.45, 7) is 5.85. The molecule has 1 aromatic carbocycles. The Labute approximate surface area is 205 Å². The van der Waals surface area contributed by atoms with E-state index >= 15 is 0 Å². The van der Waals surface area contributed by atoms with E-state index in [1.807, 2.05) is 17.8 Å². The van der Waals surface area contributed by atoms with Crippen LogP contribution in [0.4, 0.5) is 5.69 Å². The summed E-state index contributed by atoms with van der Waals surface area (Å²) in [5.74, 6) is 0. The summed E-state index contributed by atoms with van der Waals surface area (Å²) in [6.07, 6.45) is 16.5. The number of rotatable bonds is 0. The van der Waals surface area contributed by atoms with E-state index in [2.05, 4.69) is 42.1 Å². The van der Waals surface area contributed by atoms with E-state index in [0.29, 0.717) is 0 Å². The summed E-state index contributed by atoms with van der Waals surface area (Å²) < 4.78 is 1.47. The summed E-state index contributed by atoms with van der Waals surface area (Å²) in [6, 6.07) is 8.32. The fourth-order valence-corrected chi connectivity index (χ4v) is 5.37. The minimum Gasteiger partial charge on any atom is -0.656 e. The van der Waals surface area contributed by atoms with Gasteiger partial charge in [-0.05, 0) is 48.0 Å². The van der Waals surface area contributed by atoms with Crippen LogP contribution >= 0.6 is 11.8 Å². The number of allylic oxidation sites excluding steroid dienone is 2. The van der Waals surface area contributed by atoms with Gasteiger partial charge in [0.15, 0.2) is 0 Å². The number of fused-ring (bicyclic) bond motifs is 2. The predicted octanol–water partition coefficient (Wildman–Crippen LogP) is 3.35. The third-order valence-electron chi connectivity index (χ3n) is 5.79. The van der Waals surface area contributed by atoms with E-state index in [1.165, 1.54) is 78.3 Å². The third kappa shape index (κ3) is 5.28. The standard InChI is InChI=1S/C12H10NS.C10H19N.K/c1-3-7-11-9(5-1)13-10-6-2-4-8-12(10)14-11;1-3-7-11(8-4-1)9-5-2-6-10-11;/h1,3,5-8H,2,4H2;1H,2-10H2;/q-1;;+1. The van der Waals surface area contributed by atoms with Crippen LogP contribution in [0.3, 0.4) is 0 Å². The molecule has 1 aliphatic carbocycles. The number of benzene rings is 1. The summed E-state index contributed by atoms with van der Waals surface area (Å²) in [4.78, 5) is 2.60. The molecule has 3 heterocycles. The van der Waals surface area contributed by atoms with Crippen molar-refractivity contribution in [2.24, 2.45) is 0 Å². The molecule has 2 fully saturated rings. The number of quaternary nitrogens is 1. The van der Waals surface area contributed by atoms with Gasteiger partial charge in [0.05, 0.1) is 26.2 Å². The van der Waals surface area contributed by atoms with Crippen LogP contribution in [0.15, 0.2) is 51.9 Å². The molecule has 0 saturated carbocycles. The first kappa shape index (κ1) is 21.2. The second-order valence-corrected chi connectivity index (χ2v) is 8.66. The molecule has 4 aliphatic rings. The molecule has 4 heteroatoms. The number of thioether (sulfide) groups is 1. The van der Waals surface area contributed by atoms with Crippen LogP contribution in [0.5, 0.6) is 0 Å². The number of para-hydroxylation sites is 1. The SMILES string of the molecule is C1=C2[N-]c3ccccc3SC2=CCC1.[CH-]1CC[N+]2(CC1)CCCCC2.[K+]. The molecule has 1 spiro atoms. The van der Waals surface area contributed by atoms with Gasteiger partial charge >= 0.3 is 51.4 Å². The third-order valence-corrected chi connectivity index (χ3v) is 6.95. The first-order chi connectivity index (χ1) is 12.3. The second kappa shape index (κ2) is 10.3. The van der Waals surface area contributed by atoms with Gasteiger partial charge < -0.3 is 16.2 Å². The first-order valence-corrected chi connectivity index (χ1v) is 10.7. The van der Waals surface area contributed by atoms with Gasteiger partial charge in [0.25, 0.3) is 0 Å². The Bertz CT molecular complexity index is 595. The molecule has 5 rings (SSSR count). The molecule has 134 valence electrons. The molecule has 0 aromatic heterocycles. The van der Waals surface area contributed by atoms with Crippen LogP contribution in [-0.2, 0) is 0 Å². The van der Waals surface area contributed by atoms with Crippen molar-refractivity contribution in [3.63, 3.8) is 0 Å². The molecule has 0 radical (unpaired) electrons. The maximum absolute atomic E-state index is 4.64. The summed E-state index contributed by atoms with van der Waals surface area (Å²) in [7, 11) is 0. The number of nitrogens with zero attached hydrogens (tertiary/aromatic N) is 2. The maximum atomic E-state index is 4.64. The van der Waals surface area contributed by atoms with E-state index < -0.39 is 0 Å². The Morgan fingerprint density at radius 2 is 1.62 bits per heavy atom. The molecule has 26 heavy (non-hydrogen) atoms. The second-order valence-electron chi connectivity index (χ2n) is 7.58. The smallest absolute Gasteiger partial charge is 0.656 e. The van der Waals surface area contributed by atoms with Crippen molar-refractivity contribution in [2.45, 2.75) is 49.8 Å². The Morgan fingerprint density at radius 1 is 0.885 bits per heavy atom. The largest absolute Gasteiger partial charge is 1.00 e. The Kier molecular flexibility index (Phi) is 8.37. The zero-order valence-electron chi connectivity index (χ0n) is 16.1. The van der Waals surface area contributed by atoms with E-state index in [1.54, 1.807) is 0 Å². The molecule has 3 aliphatic heterocycles. The van der Waals surface area contributed by atoms with Crippen molar-refractivity contribution >= 4 is 17.4 Å². The van der Waals surface area contributed by atoms with Crippen LogP contribution in [0.2, 0.25) is 0 Å². The summed E-state index contributed by atoms with van der Waals surface area (Å²) in [5, 5.41) is 4.64. The minimum absolute atomic E-state index is 0. The van der Waals surface area contributed by atoms with Crippen LogP contribution in [0.25, 0.3) is 5.32 Å². The van der Waals surface area contributed by atoms with Crippen molar-refractivity contribution in [2.75, 3.05) is 26.2 Å². The van der Waals surface area contributed by atoms with Crippen molar-refractivity contribution in [1.82, 2.24) is 0 Å². The van der Waals surface area contributed by atoms with E-state index in [4.69, 9.17) is 0 Å². The van der Waals surface area contributed by atoms with E-state index in [0.717, 1.165) is 18.5 Å². The summed E-state index contributed by atoms with van der Waals surface area (Å²) in [5.41, 5.74) is 2.28. The average Bonchev–Trinajstić information content (AvgIpc) is 2.68. The van der Waals surface area contributed by atoms with Gasteiger partial charge in [-0.1, -0.05) is 42.1 Å². The molecular weight excluding hydrogens is 363 g/mol. The minimum atomic E-state index is 0. The topological polar surface area (TPSA) is 14.1 Å². The van der Waals surface area contributed by atoms with E-state index in [9.17, 15) is 0 Å². The molecule has 0 unspecified atom stereocenters.